The van der Waals surface area contributed by atoms with Gasteiger partial charge in [-0.15, -0.1) is 0 Å². The van der Waals surface area contributed by atoms with Gasteiger partial charge in [0.05, 0.1) is 26.2 Å². The summed E-state index contributed by atoms with van der Waals surface area (Å²) in [6.07, 6.45) is -0.302. The number of aromatic nitrogens is 2. The average Bonchev–Trinajstić information content (AvgIpc) is 2.97. The highest BCUT2D eigenvalue weighted by molar-refractivity contribution is 5.91. The number of hydrogen-bond donors (Lipinski definition) is 1. The summed E-state index contributed by atoms with van der Waals surface area (Å²) in [5.74, 6) is 0.471. The van der Waals surface area contributed by atoms with Crippen LogP contribution in [0, 0.1) is 0 Å². The van der Waals surface area contributed by atoms with Crippen molar-refractivity contribution in [3.8, 4) is 0 Å². The fourth-order valence-corrected chi connectivity index (χ4v) is 1.97. The maximum Gasteiger partial charge on any atom is 0.258 e. The summed E-state index contributed by atoms with van der Waals surface area (Å²) in [5, 5.41) is 6.55. The third-order valence-electron chi connectivity index (χ3n) is 2.95. The summed E-state index contributed by atoms with van der Waals surface area (Å²) in [6, 6.07) is 9.21. The van der Waals surface area contributed by atoms with Crippen LogP contribution < -0.4 is 5.32 Å². The van der Waals surface area contributed by atoms with E-state index in [-0.39, 0.29) is 18.4 Å². The molecule has 0 radical (unpaired) electrons. The molecule has 1 aliphatic heterocycles. The van der Waals surface area contributed by atoms with Crippen molar-refractivity contribution >= 4 is 11.6 Å². The van der Waals surface area contributed by atoms with E-state index >= 15 is 0 Å². The third kappa shape index (κ3) is 3.65. The highest BCUT2D eigenvalue weighted by atomic mass is 16.6. The molecule has 2 aromatic rings. The van der Waals surface area contributed by atoms with Crippen molar-refractivity contribution in [3.63, 3.8) is 0 Å². The fraction of sp³-hybridized carbons (Fsp3) is 0.357. The van der Waals surface area contributed by atoms with E-state index in [1.165, 1.54) is 0 Å². The summed E-state index contributed by atoms with van der Waals surface area (Å²) in [4.78, 5) is 16.1. The first kappa shape index (κ1) is 13.7. The van der Waals surface area contributed by atoms with Gasteiger partial charge in [-0.2, -0.15) is 4.98 Å². The Morgan fingerprint density at radius 1 is 1.29 bits per heavy atom. The van der Waals surface area contributed by atoms with Gasteiger partial charge in [0, 0.05) is 5.69 Å². The average molecular weight is 289 g/mol. The van der Waals surface area contributed by atoms with Gasteiger partial charge in [0.25, 0.3) is 5.89 Å². The molecule has 7 nitrogen and oxygen atoms in total. The smallest absolute Gasteiger partial charge is 0.258 e. The number of carbonyl (C=O) groups excluding carboxylic acids is 1. The number of ether oxygens (including phenoxy) is 2. The number of anilines is 1. The molecule has 0 bridgehead atoms. The molecule has 2 heterocycles. The minimum atomic E-state index is -0.350. The zero-order chi connectivity index (χ0) is 14.5. The molecule has 0 saturated carbocycles. The van der Waals surface area contributed by atoms with Crippen LogP contribution in [0.2, 0.25) is 0 Å². The third-order valence-corrected chi connectivity index (χ3v) is 2.95. The van der Waals surface area contributed by atoms with E-state index in [4.69, 9.17) is 14.0 Å². The molecule has 21 heavy (non-hydrogen) atoms. The molecule has 1 saturated heterocycles. The minimum Gasteiger partial charge on any atom is -0.376 e. The Morgan fingerprint density at radius 3 is 2.90 bits per heavy atom. The van der Waals surface area contributed by atoms with Crippen molar-refractivity contribution in [1.82, 2.24) is 10.1 Å². The first-order valence-corrected chi connectivity index (χ1v) is 6.68. The quantitative estimate of drug-likeness (QED) is 0.914. The van der Waals surface area contributed by atoms with E-state index in [1.807, 2.05) is 30.3 Å². The van der Waals surface area contributed by atoms with E-state index < -0.39 is 0 Å². The van der Waals surface area contributed by atoms with Crippen molar-refractivity contribution in [1.29, 1.82) is 0 Å². The summed E-state index contributed by atoms with van der Waals surface area (Å²) >= 11 is 0. The molecule has 1 N–H and O–H groups in total. The monoisotopic (exact) mass is 289 g/mol. The molecule has 1 atom stereocenters. The molecular formula is C14H15N3O4. The van der Waals surface area contributed by atoms with E-state index in [0.717, 1.165) is 5.69 Å². The van der Waals surface area contributed by atoms with Crippen LogP contribution in [0.3, 0.4) is 0 Å². The molecule has 1 aromatic heterocycles. The lowest BCUT2D eigenvalue weighted by Crippen LogP contribution is -2.22. The van der Waals surface area contributed by atoms with Crippen LogP contribution >= 0.6 is 0 Å². The van der Waals surface area contributed by atoms with Gasteiger partial charge in [0.2, 0.25) is 5.91 Å². The van der Waals surface area contributed by atoms with E-state index in [2.05, 4.69) is 15.5 Å². The number of carbonyl (C=O) groups is 1. The lowest BCUT2D eigenvalue weighted by atomic mass is 10.3. The number of para-hydroxylation sites is 1. The van der Waals surface area contributed by atoms with E-state index in [1.54, 1.807) is 0 Å². The number of rotatable bonds is 4. The predicted molar refractivity (Wildman–Crippen MR) is 72.6 cm³/mol. The highest BCUT2D eigenvalue weighted by Gasteiger charge is 2.23. The van der Waals surface area contributed by atoms with Crippen molar-refractivity contribution in [3.05, 3.63) is 42.0 Å². The number of amides is 1. The fourth-order valence-electron chi connectivity index (χ4n) is 1.97. The van der Waals surface area contributed by atoms with E-state index in [9.17, 15) is 4.79 Å². The summed E-state index contributed by atoms with van der Waals surface area (Å²) in [5.41, 5.74) is 0.732. The minimum absolute atomic E-state index is 0.0476. The van der Waals surface area contributed by atoms with Gasteiger partial charge in [-0.05, 0) is 12.1 Å². The second-order valence-corrected chi connectivity index (χ2v) is 4.57. The van der Waals surface area contributed by atoms with Crippen LogP contribution in [-0.4, -0.2) is 35.9 Å². The number of nitrogens with zero attached hydrogens (tertiary/aromatic N) is 2. The van der Waals surface area contributed by atoms with Crippen molar-refractivity contribution < 1.29 is 18.8 Å². The Kier molecular flexibility index (Phi) is 4.23. The van der Waals surface area contributed by atoms with Crippen molar-refractivity contribution in [2.45, 2.75) is 12.5 Å². The standard InChI is InChI=1S/C14H15N3O4/c18-13(15-10-4-2-1-3-5-10)8-12-16-14(21-17-12)11-9-19-6-7-20-11/h1-5,11H,6-9H2,(H,15,18). The molecule has 1 aliphatic rings. The number of nitrogens with one attached hydrogen (secondary N) is 1. The Hall–Kier alpha value is -2.25. The normalized spacial score (nSPS) is 18.4. The molecule has 110 valence electrons. The molecule has 1 amide bonds. The summed E-state index contributed by atoms with van der Waals surface area (Å²) in [7, 11) is 0. The maximum absolute atomic E-state index is 11.9. The molecule has 0 aliphatic carbocycles. The highest BCUT2D eigenvalue weighted by Crippen LogP contribution is 2.18. The van der Waals surface area contributed by atoms with Crippen molar-refractivity contribution in [2.75, 3.05) is 25.1 Å². The van der Waals surface area contributed by atoms with Crippen LogP contribution in [0.1, 0.15) is 17.8 Å². The zero-order valence-corrected chi connectivity index (χ0v) is 11.3. The first-order chi connectivity index (χ1) is 10.3. The summed E-state index contributed by atoms with van der Waals surface area (Å²) in [6.45, 7) is 1.45. The van der Waals surface area contributed by atoms with Crippen LogP contribution in [0.4, 0.5) is 5.69 Å². The van der Waals surface area contributed by atoms with Gasteiger partial charge in [0.1, 0.15) is 0 Å². The van der Waals surface area contributed by atoms with Crippen molar-refractivity contribution in [2.24, 2.45) is 0 Å². The lowest BCUT2D eigenvalue weighted by Gasteiger charge is -2.19. The van der Waals surface area contributed by atoms with E-state index in [0.29, 0.717) is 31.5 Å². The second kappa shape index (κ2) is 6.47. The predicted octanol–water partition coefficient (Wildman–Crippen LogP) is 1.34. The molecule has 3 rings (SSSR count). The maximum atomic E-state index is 11.9. The first-order valence-electron chi connectivity index (χ1n) is 6.68. The van der Waals surface area contributed by atoms with Gasteiger partial charge in [-0.1, -0.05) is 23.4 Å². The molecular weight excluding hydrogens is 274 g/mol. The Labute approximate surface area is 121 Å². The van der Waals surface area contributed by atoms with Crippen LogP contribution in [0.15, 0.2) is 34.9 Å². The van der Waals surface area contributed by atoms with Gasteiger partial charge in [-0.3, -0.25) is 4.79 Å². The van der Waals surface area contributed by atoms with Gasteiger partial charge in [0.15, 0.2) is 11.9 Å². The van der Waals surface area contributed by atoms with Crippen LogP contribution in [0.25, 0.3) is 0 Å². The SMILES string of the molecule is O=C(Cc1noc(C2COCCO2)n1)Nc1ccccc1. The second-order valence-electron chi connectivity index (χ2n) is 4.57. The molecule has 1 aromatic carbocycles. The van der Waals surface area contributed by atoms with Crippen LogP contribution in [0.5, 0.6) is 0 Å². The molecule has 1 unspecified atom stereocenters. The van der Waals surface area contributed by atoms with Gasteiger partial charge < -0.3 is 19.3 Å². The zero-order valence-electron chi connectivity index (χ0n) is 11.3. The van der Waals surface area contributed by atoms with Gasteiger partial charge >= 0.3 is 0 Å². The largest absolute Gasteiger partial charge is 0.376 e. The Balaban J connectivity index is 1.57. The number of hydrogen-bond acceptors (Lipinski definition) is 6. The Morgan fingerprint density at radius 2 is 2.14 bits per heavy atom. The number of benzene rings is 1. The Bertz CT molecular complexity index is 593. The lowest BCUT2D eigenvalue weighted by molar-refractivity contribution is -0.115. The molecule has 0 spiro atoms. The van der Waals surface area contributed by atoms with Crippen LogP contribution in [-0.2, 0) is 20.7 Å². The molecule has 1 fully saturated rings. The topological polar surface area (TPSA) is 86.5 Å². The van der Waals surface area contributed by atoms with Gasteiger partial charge in [-0.25, -0.2) is 0 Å². The summed E-state index contributed by atoms with van der Waals surface area (Å²) < 4.78 is 15.8. The molecule has 7 heteroatoms.